The van der Waals surface area contributed by atoms with Crippen molar-refractivity contribution in [2.24, 2.45) is 11.7 Å². The third kappa shape index (κ3) is 9.72. The Balaban J connectivity index is 0.00000576. The third-order valence-electron chi connectivity index (χ3n) is 7.46. The van der Waals surface area contributed by atoms with Crippen LogP contribution in [0, 0.1) is 5.92 Å². The Morgan fingerprint density at radius 3 is 2.39 bits per heavy atom. The molecule has 3 aromatic rings. The highest BCUT2D eigenvalue weighted by Crippen LogP contribution is 2.26. The van der Waals surface area contributed by atoms with Crippen LogP contribution in [-0.4, -0.2) is 76.0 Å². The van der Waals surface area contributed by atoms with Crippen LogP contribution in [-0.2, 0) is 35.3 Å². The average Bonchev–Trinajstić information content (AvgIpc) is 3.48. The molecule has 1 fully saturated rings. The van der Waals surface area contributed by atoms with E-state index in [2.05, 4.69) is 15.6 Å². The quantitative estimate of drug-likeness (QED) is 0.242. The summed E-state index contributed by atoms with van der Waals surface area (Å²) in [4.78, 5) is 58.5. The number of likely N-dealkylation sites (tertiary alicyclic amines) is 1. The number of nitrogens with zero attached hydrogens (tertiary/aromatic N) is 3. The maximum absolute atomic E-state index is 14.0. The standard InChI is InChI=1S/C33H42N6O6.CH4/c1-4-45-31(42)25-16-11-17-38(18-25)30(41)28(24-14-9-6-10-15-24)39-19-27(35-22-39)37-29(40)26(36-32(43)33(2,3)34)21-44-20-23-12-7-5-8-13-23;/h5-10,12-15,19,22,25-26,28H,4,11,16-18,20-21,34H2,1-3H3,(H,36,43)(H,37,40);1H4/t25?,26-,28?;/m1./s1. The summed E-state index contributed by atoms with van der Waals surface area (Å²) in [5.74, 6) is -1.77. The van der Waals surface area contributed by atoms with Crippen LogP contribution >= 0.6 is 0 Å². The van der Waals surface area contributed by atoms with Crippen LogP contribution in [0.1, 0.15) is 58.2 Å². The van der Waals surface area contributed by atoms with Crippen molar-refractivity contribution in [1.29, 1.82) is 0 Å². The van der Waals surface area contributed by atoms with E-state index in [9.17, 15) is 19.2 Å². The summed E-state index contributed by atoms with van der Waals surface area (Å²) < 4.78 is 12.6. The summed E-state index contributed by atoms with van der Waals surface area (Å²) in [5.41, 5.74) is 6.38. The normalized spacial score (nSPS) is 16.0. The van der Waals surface area contributed by atoms with Gasteiger partial charge >= 0.3 is 5.97 Å². The largest absolute Gasteiger partial charge is 0.466 e. The molecule has 3 amide bonds. The fraction of sp³-hybridized carbons (Fsp3) is 0.441. The number of rotatable bonds is 13. The molecule has 4 N–H and O–H groups in total. The van der Waals surface area contributed by atoms with Crippen molar-refractivity contribution in [2.75, 3.05) is 31.6 Å². The van der Waals surface area contributed by atoms with Gasteiger partial charge in [0.25, 0.3) is 5.91 Å². The molecule has 3 atom stereocenters. The van der Waals surface area contributed by atoms with E-state index in [4.69, 9.17) is 15.2 Å². The van der Waals surface area contributed by atoms with Gasteiger partial charge in [-0.25, -0.2) is 4.98 Å². The Bertz CT molecular complexity index is 1440. The van der Waals surface area contributed by atoms with Gasteiger partial charge in [0.05, 0.1) is 37.6 Å². The van der Waals surface area contributed by atoms with E-state index >= 15 is 0 Å². The molecule has 12 nitrogen and oxygen atoms in total. The molecule has 1 aromatic heterocycles. The average molecular weight is 635 g/mol. The minimum atomic E-state index is -1.22. The summed E-state index contributed by atoms with van der Waals surface area (Å²) in [6.07, 6.45) is 4.38. The van der Waals surface area contributed by atoms with Crippen molar-refractivity contribution in [2.45, 2.75) is 65.3 Å². The Labute approximate surface area is 270 Å². The van der Waals surface area contributed by atoms with Gasteiger partial charge in [0, 0.05) is 19.3 Å². The Kier molecular flexibility index (Phi) is 13.0. The molecule has 12 heteroatoms. The highest BCUT2D eigenvalue weighted by molar-refractivity contribution is 5.98. The Morgan fingerprint density at radius 1 is 1.07 bits per heavy atom. The number of piperidine rings is 1. The van der Waals surface area contributed by atoms with Crippen LogP contribution in [0.4, 0.5) is 5.82 Å². The van der Waals surface area contributed by atoms with Crippen LogP contribution in [0.3, 0.4) is 0 Å². The fourth-order valence-electron chi connectivity index (χ4n) is 5.03. The molecule has 1 aliphatic heterocycles. The molecular formula is C34H46N6O6. The van der Waals surface area contributed by atoms with Crippen molar-refractivity contribution in [3.05, 3.63) is 84.3 Å². The van der Waals surface area contributed by atoms with Crippen molar-refractivity contribution >= 4 is 29.5 Å². The minimum Gasteiger partial charge on any atom is -0.466 e. The first-order valence-corrected chi connectivity index (χ1v) is 15.1. The number of nitrogens with two attached hydrogens (primary N) is 1. The fourth-order valence-corrected chi connectivity index (χ4v) is 5.03. The number of benzene rings is 2. The summed E-state index contributed by atoms with van der Waals surface area (Å²) in [5, 5.41) is 5.40. The number of hydrogen-bond donors (Lipinski definition) is 3. The number of carbonyl (C=O) groups is 4. The second kappa shape index (κ2) is 16.7. The van der Waals surface area contributed by atoms with E-state index in [0.717, 1.165) is 11.1 Å². The molecule has 2 unspecified atom stereocenters. The van der Waals surface area contributed by atoms with Crippen LogP contribution < -0.4 is 16.4 Å². The minimum absolute atomic E-state index is 0. The molecule has 0 saturated carbocycles. The second-order valence-electron chi connectivity index (χ2n) is 11.6. The zero-order chi connectivity index (χ0) is 32.4. The highest BCUT2D eigenvalue weighted by atomic mass is 16.5. The van der Waals surface area contributed by atoms with E-state index in [1.54, 1.807) is 36.4 Å². The van der Waals surface area contributed by atoms with Gasteiger partial charge in [-0.1, -0.05) is 68.1 Å². The maximum Gasteiger partial charge on any atom is 0.310 e. The van der Waals surface area contributed by atoms with Gasteiger partial charge in [-0.15, -0.1) is 0 Å². The third-order valence-corrected chi connectivity index (χ3v) is 7.46. The van der Waals surface area contributed by atoms with E-state index < -0.39 is 29.4 Å². The zero-order valence-corrected chi connectivity index (χ0v) is 26.0. The predicted octanol–water partition coefficient (Wildman–Crippen LogP) is 3.29. The summed E-state index contributed by atoms with van der Waals surface area (Å²) in [7, 11) is 0. The zero-order valence-electron chi connectivity index (χ0n) is 26.0. The number of hydrogen-bond acceptors (Lipinski definition) is 8. The summed E-state index contributed by atoms with van der Waals surface area (Å²) in [6.45, 7) is 6.05. The van der Waals surface area contributed by atoms with E-state index in [0.29, 0.717) is 19.4 Å². The number of esters is 1. The van der Waals surface area contributed by atoms with Crippen molar-refractivity contribution in [1.82, 2.24) is 19.8 Å². The number of ether oxygens (including phenoxy) is 2. The van der Waals surface area contributed by atoms with Gasteiger partial charge in [0.15, 0.2) is 5.82 Å². The highest BCUT2D eigenvalue weighted by Gasteiger charge is 2.34. The molecule has 248 valence electrons. The summed E-state index contributed by atoms with van der Waals surface area (Å²) >= 11 is 0. The van der Waals surface area contributed by atoms with Gasteiger partial charge in [0.2, 0.25) is 11.8 Å². The lowest BCUT2D eigenvalue weighted by Crippen LogP contribution is -2.56. The maximum atomic E-state index is 14.0. The topological polar surface area (TPSA) is 158 Å². The molecule has 1 saturated heterocycles. The molecule has 2 heterocycles. The van der Waals surface area contributed by atoms with Gasteiger partial charge in [-0.2, -0.15) is 0 Å². The number of aromatic nitrogens is 2. The lowest BCUT2D eigenvalue weighted by Gasteiger charge is -2.34. The molecule has 0 radical (unpaired) electrons. The number of carbonyl (C=O) groups excluding carboxylic acids is 4. The molecule has 0 bridgehead atoms. The monoisotopic (exact) mass is 634 g/mol. The number of amides is 3. The first kappa shape index (κ1) is 35.9. The summed E-state index contributed by atoms with van der Waals surface area (Å²) in [6, 6.07) is 16.8. The van der Waals surface area contributed by atoms with E-state index in [-0.39, 0.29) is 57.4 Å². The van der Waals surface area contributed by atoms with Gasteiger partial charge < -0.3 is 35.3 Å². The SMILES string of the molecule is C.CCOC(=O)C1CCCN(C(=O)C(c2ccccc2)n2cnc(NC(=O)[C@@H](COCc3ccccc3)NC(=O)C(C)(C)N)c2)C1. The smallest absolute Gasteiger partial charge is 0.310 e. The van der Waals surface area contributed by atoms with E-state index in [1.807, 2.05) is 60.7 Å². The molecule has 1 aliphatic rings. The van der Waals surface area contributed by atoms with Gasteiger partial charge in [-0.3, -0.25) is 19.2 Å². The number of imidazole rings is 1. The van der Waals surface area contributed by atoms with Crippen LogP contribution in [0.2, 0.25) is 0 Å². The number of nitrogens with one attached hydrogen (secondary N) is 2. The molecule has 0 aliphatic carbocycles. The van der Waals surface area contributed by atoms with Gasteiger partial charge in [-0.05, 0) is 44.7 Å². The number of anilines is 1. The Morgan fingerprint density at radius 2 is 1.74 bits per heavy atom. The molecule has 2 aromatic carbocycles. The molecule has 0 spiro atoms. The van der Waals surface area contributed by atoms with Crippen LogP contribution in [0.15, 0.2) is 73.2 Å². The van der Waals surface area contributed by atoms with Crippen molar-refractivity contribution in [3.8, 4) is 0 Å². The first-order chi connectivity index (χ1) is 21.6. The Hall–Kier alpha value is -4.55. The molecular weight excluding hydrogens is 588 g/mol. The van der Waals surface area contributed by atoms with Crippen LogP contribution in [0.25, 0.3) is 0 Å². The first-order valence-electron chi connectivity index (χ1n) is 15.1. The van der Waals surface area contributed by atoms with Gasteiger partial charge in [0.1, 0.15) is 12.1 Å². The van der Waals surface area contributed by atoms with Crippen molar-refractivity contribution < 1.29 is 28.7 Å². The van der Waals surface area contributed by atoms with Crippen molar-refractivity contribution in [3.63, 3.8) is 0 Å². The van der Waals surface area contributed by atoms with E-state index in [1.165, 1.54) is 6.33 Å². The molecule has 46 heavy (non-hydrogen) atoms. The lowest BCUT2D eigenvalue weighted by atomic mass is 9.96. The second-order valence-corrected chi connectivity index (χ2v) is 11.6. The lowest BCUT2D eigenvalue weighted by molar-refractivity contribution is -0.151. The predicted molar refractivity (Wildman–Crippen MR) is 174 cm³/mol. The van der Waals surface area contributed by atoms with Crippen LogP contribution in [0.5, 0.6) is 0 Å². The molecule has 4 rings (SSSR count).